The standard InChI is InChI=1S/C19H19FN2O2S2/c1-24-12-11-22-18-15(20)8-5-9-16(18)26-19(22)21-17(23)10-13-25-14-6-3-2-4-7-14/h2-9H,10-13H2,1H3. The van der Waals surface area contributed by atoms with Gasteiger partial charge >= 0.3 is 0 Å². The number of halogens is 1. The number of amides is 1. The summed E-state index contributed by atoms with van der Waals surface area (Å²) < 4.78 is 21.8. The van der Waals surface area contributed by atoms with Crippen molar-refractivity contribution in [2.24, 2.45) is 4.99 Å². The van der Waals surface area contributed by atoms with Crippen LogP contribution in [0.1, 0.15) is 6.42 Å². The molecule has 3 rings (SSSR count). The molecule has 0 saturated carbocycles. The van der Waals surface area contributed by atoms with E-state index in [9.17, 15) is 9.18 Å². The summed E-state index contributed by atoms with van der Waals surface area (Å²) in [6.45, 7) is 0.869. The van der Waals surface area contributed by atoms with E-state index in [4.69, 9.17) is 4.74 Å². The lowest BCUT2D eigenvalue weighted by Gasteiger charge is -2.04. The SMILES string of the molecule is COCCn1c(=NC(=O)CCSc2ccccc2)sc2cccc(F)c21. The fourth-order valence-corrected chi connectivity index (χ4v) is 4.45. The smallest absolute Gasteiger partial charge is 0.249 e. The van der Waals surface area contributed by atoms with Crippen LogP contribution in [0.15, 0.2) is 58.4 Å². The van der Waals surface area contributed by atoms with E-state index < -0.39 is 0 Å². The Morgan fingerprint density at radius 1 is 1.23 bits per heavy atom. The molecule has 3 aromatic rings. The van der Waals surface area contributed by atoms with E-state index in [1.54, 1.807) is 29.5 Å². The van der Waals surface area contributed by atoms with Crippen molar-refractivity contribution >= 4 is 39.2 Å². The van der Waals surface area contributed by atoms with Gasteiger partial charge < -0.3 is 9.30 Å². The van der Waals surface area contributed by atoms with Crippen molar-refractivity contribution in [3.63, 3.8) is 0 Å². The van der Waals surface area contributed by atoms with Gasteiger partial charge in [0.1, 0.15) is 5.82 Å². The van der Waals surface area contributed by atoms with Crippen LogP contribution in [0.2, 0.25) is 0 Å². The van der Waals surface area contributed by atoms with Crippen molar-refractivity contribution in [2.45, 2.75) is 17.9 Å². The van der Waals surface area contributed by atoms with Gasteiger partial charge in [0, 0.05) is 30.7 Å². The van der Waals surface area contributed by atoms with E-state index in [2.05, 4.69) is 4.99 Å². The number of thioether (sulfide) groups is 1. The van der Waals surface area contributed by atoms with E-state index in [0.717, 1.165) is 9.60 Å². The van der Waals surface area contributed by atoms with Crippen molar-refractivity contribution in [1.29, 1.82) is 0 Å². The van der Waals surface area contributed by atoms with Gasteiger partial charge in [0.15, 0.2) is 4.80 Å². The summed E-state index contributed by atoms with van der Waals surface area (Å²) in [5, 5.41) is 0. The third-order valence-electron chi connectivity index (χ3n) is 3.72. The van der Waals surface area contributed by atoms with Gasteiger partial charge in [0.2, 0.25) is 5.91 Å². The maximum Gasteiger partial charge on any atom is 0.249 e. The quantitative estimate of drug-likeness (QED) is 0.571. The molecule has 0 aliphatic rings. The highest BCUT2D eigenvalue weighted by atomic mass is 32.2. The molecule has 26 heavy (non-hydrogen) atoms. The zero-order valence-corrected chi connectivity index (χ0v) is 16.0. The van der Waals surface area contributed by atoms with Crippen LogP contribution in [-0.4, -0.2) is 29.9 Å². The predicted octanol–water partition coefficient (Wildman–Crippen LogP) is 4.10. The first-order valence-electron chi connectivity index (χ1n) is 8.21. The van der Waals surface area contributed by atoms with Crippen LogP contribution in [-0.2, 0) is 16.1 Å². The number of methoxy groups -OCH3 is 1. The molecule has 0 unspecified atom stereocenters. The second-order valence-electron chi connectivity index (χ2n) is 5.53. The summed E-state index contributed by atoms with van der Waals surface area (Å²) in [5.41, 5.74) is 0.472. The molecule has 1 aromatic heterocycles. The van der Waals surface area contributed by atoms with Gasteiger partial charge in [0.05, 0.1) is 16.8 Å². The number of hydrogen-bond acceptors (Lipinski definition) is 4. The van der Waals surface area contributed by atoms with Crippen molar-refractivity contribution in [3.8, 4) is 0 Å². The number of carbonyl (C=O) groups excluding carboxylic acids is 1. The number of para-hydroxylation sites is 1. The second kappa shape index (κ2) is 9.12. The van der Waals surface area contributed by atoms with Crippen molar-refractivity contribution < 1.29 is 13.9 Å². The average molecular weight is 391 g/mol. The molecule has 0 N–H and O–H groups in total. The third kappa shape index (κ3) is 4.60. The summed E-state index contributed by atoms with van der Waals surface area (Å²) in [4.78, 5) is 18.1. The first-order valence-corrected chi connectivity index (χ1v) is 10.0. The van der Waals surface area contributed by atoms with Gasteiger partial charge in [-0.15, -0.1) is 11.8 Å². The Balaban J connectivity index is 1.79. The van der Waals surface area contributed by atoms with Crippen LogP contribution in [0.5, 0.6) is 0 Å². The summed E-state index contributed by atoms with van der Waals surface area (Å²) in [6, 6.07) is 14.8. The highest BCUT2D eigenvalue weighted by molar-refractivity contribution is 7.99. The van der Waals surface area contributed by atoms with E-state index in [-0.39, 0.29) is 11.7 Å². The Morgan fingerprint density at radius 3 is 2.81 bits per heavy atom. The molecular weight excluding hydrogens is 371 g/mol. The number of nitrogens with zero attached hydrogens (tertiary/aromatic N) is 2. The molecule has 0 spiro atoms. The first-order chi connectivity index (χ1) is 12.7. The number of benzene rings is 2. The van der Waals surface area contributed by atoms with Crippen LogP contribution >= 0.6 is 23.1 Å². The average Bonchev–Trinajstić information content (AvgIpc) is 2.99. The Morgan fingerprint density at radius 2 is 2.04 bits per heavy atom. The first kappa shape index (κ1) is 18.8. The molecule has 0 aliphatic carbocycles. The fourth-order valence-electron chi connectivity index (χ4n) is 2.50. The summed E-state index contributed by atoms with van der Waals surface area (Å²) >= 11 is 2.94. The van der Waals surface area contributed by atoms with Crippen LogP contribution in [0.25, 0.3) is 10.2 Å². The lowest BCUT2D eigenvalue weighted by Crippen LogP contribution is -2.20. The van der Waals surface area contributed by atoms with Crippen molar-refractivity contribution in [3.05, 3.63) is 59.1 Å². The lowest BCUT2D eigenvalue weighted by molar-refractivity contribution is -0.117. The van der Waals surface area contributed by atoms with Gasteiger partial charge in [-0.2, -0.15) is 4.99 Å². The number of ether oxygens (including phenoxy) is 1. The number of fused-ring (bicyclic) bond motifs is 1. The number of aromatic nitrogens is 1. The summed E-state index contributed by atoms with van der Waals surface area (Å²) in [7, 11) is 1.59. The van der Waals surface area contributed by atoms with Gasteiger partial charge in [0.25, 0.3) is 0 Å². The maximum atomic E-state index is 14.2. The second-order valence-corrected chi connectivity index (χ2v) is 7.71. The minimum atomic E-state index is -0.316. The third-order valence-corrected chi connectivity index (χ3v) is 5.78. The molecular formula is C19H19FN2O2S2. The summed E-state index contributed by atoms with van der Waals surface area (Å²) in [6.07, 6.45) is 0.334. The number of thiazole rings is 1. The van der Waals surface area contributed by atoms with E-state index in [1.807, 2.05) is 36.4 Å². The van der Waals surface area contributed by atoms with Crippen molar-refractivity contribution in [1.82, 2.24) is 4.57 Å². The van der Waals surface area contributed by atoms with E-state index in [0.29, 0.717) is 35.6 Å². The fraction of sp³-hybridized carbons (Fsp3) is 0.263. The monoisotopic (exact) mass is 390 g/mol. The molecule has 4 nitrogen and oxygen atoms in total. The van der Waals surface area contributed by atoms with Gasteiger partial charge in [-0.1, -0.05) is 35.6 Å². The molecule has 2 aromatic carbocycles. The van der Waals surface area contributed by atoms with Crippen LogP contribution < -0.4 is 4.80 Å². The van der Waals surface area contributed by atoms with Crippen molar-refractivity contribution in [2.75, 3.05) is 19.5 Å². The highest BCUT2D eigenvalue weighted by Crippen LogP contribution is 2.21. The Hall–Kier alpha value is -1.96. The number of hydrogen-bond donors (Lipinski definition) is 0. The molecule has 1 heterocycles. The predicted molar refractivity (Wildman–Crippen MR) is 104 cm³/mol. The Kier molecular flexibility index (Phi) is 6.60. The van der Waals surface area contributed by atoms with Crippen LogP contribution in [0.3, 0.4) is 0 Å². The summed E-state index contributed by atoms with van der Waals surface area (Å²) in [5.74, 6) is 0.138. The van der Waals surface area contributed by atoms with Crippen LogP contribution in [0, 0.1) is 5.82 Å². The normalized spacial score (nSPS) is 12.0. The minimum absolute atomic E-state index is 0.202. The molecule has 0 radical (unpaired) electrons. The van der Waals surface area contributed by atoms with Gasteiger partial charge in [-0.05, 0) is 24.3 Å². The molecule has 0 aliphatic heterocycles. The number of rotatable bonds is 7. The van der Waals surface area contributed by atoms with Crippen LogP contribution in [0.4, 0.5) is 4.39 Å². The zero-order valence-electron chi connectivity index (χ0n) is 14.4. The Labute approximate surface area is 159 Å². The molecule has 0 saturated heterocycles. The number of carbonyl (C=O) groups is 1. The molecule has 136 valence electrons. The topological polar surface area (TPSA) is 43.6 Å². The molecule has 0 fully saturated rings. The highest BCUT2D eigenvalue weighted by Gasteiger charge is 2.11. The molecule has 0 bridgehead atoms. The van der Waals surface area contributed by atoms with E-state index in [1.165, 1.54) is 17.4 Å². The molecule has 0 atom stereocenters. The van der Waals surface area contributed by atoms with Gasteiger partial charge in [-0.3, -0.25) is 4.79 Å². The lowest BCUT2D eigenvalue weighted by atomic mass is 10.3. The minimum Gasteiger partial charge on any atom is -0.383 e. The largest absolute Gasteiger partial charge is 0.383 e. The maximum absolute atomic E-state index is 14.2. The molecule has 7 heteroatoms. The Bertz CT molecular complexity index is 951. The molecule has 1 amide bonds. The van der Waals surface area contributed by atoms with E-state index >= 15 is 0 Å². The zero-order chi connectivity index (χ0) is 18.4. The van der Waals surface area contributed by atoms with Gasteiger partial charge in [-0.25, -0.2) is 4.39 Å².